The number of benzene rings is 1. The summed E-state index contributed by atoms with van der Waals surface area (Å²) < 4.78 is 1.89. The summed E-state index contributed by atoms with van der Waals surface area (Å²) in [5, 5.41) is 19.6. The van der Waals surface area contributed by atoms with Crippen LogP contribution in [0.2, 0.25) is 0 Å². The number of hydrogen-bond donors (Lipinski definition) is 0. The van der Waals surface area contributed by atoms with Crippen molar-refractivity contribution in [1.82, 2.24) is 19.5 Å². The Labute approximate surface area is 149 Å². The van der Waals surface area contributed by atoms with E-state index in [0.29, 0.717) is 12.1 Å². The van der Waals surface area contributed by atoms with Gasteiger partial charge in [-0.3, -0.25) is 19.3 Å². The van der Waals surface area contributed by atoms with Crippen LogP contribution in [0.3, 0.4) is 0 Å². The summed E-state index contributed by atoms with van der Waals surface area (Å²) in [5.41, 5.74) is 1.14. The van der Waals surface area contributed by atoms with Crippen LogP contribution in [0.4, 0.5) is 5.69 Å². The van der Waals surface area contributed by atoms with Gasteiger partial charge in [0, 0.05) is 24.4 Å². The Morgan fingerprint density at radius 3 is 2.85 bits per heavy atom. The van der Waals surface area contributed by atoms with E-state index in [1.54, 1.807) is 23.1 Å². The summed E-state index contributed by atoms with van der Waals surface area (Å²) >= 11 is 0. The maximum atomic E-state index is 12.9. The molecular formula is C18H17N5O3. The average Bonchev–Trinajstić information content (AvgIpc) is 3.28. The number of carbonyl (C=O) groups is 1. The van der Waals surface area contributed by atoms with E-state index in [0.717, 1.165) is 24.3 Å². The number of para-hydroxylation sites is 1. The lowest BCUT2D eigenvalue weighted by Gasteiger charge is -2.23. The van der Waals surface area contributed by atoms with Gasteiger partial charge in [0.1, 0.15) is 0 Å². The molecule has 0 spiro atoms. The van der Waals surface area contributed by atoms with Crippen LogP contribution < -0.4 is 0 Å². The Morgan fingerprint density at radius 2 is 2.00 bits per heavy atom. The number of rotatable bonds is 4. The number of nitro benzene ring substituents is 1. The molecular weight excluding hydrogens is 334 g/mol. The summed E-state index contributed by atoms with van der Waals surface area (Å²) in [6.45, 7) is 0.617. The molecule has 1 saturated heterocycles. The van der Waals surface area contributed by atoms with Crippen LogP contribution in [0.1, 0.15) is 30.3 Å². The van der Waals surface area contributed by atoms with E-state index in [1.807, 2.05) is 28.8 Å². The van der Waals surface area contributed by atoms with E-state index in [4.69, 9.17) is 0 Å². The van der Waals surface area contributed by atoms with Crippen LogP contribution in [0.15, 0.2) is 48.7 Å². The van der Waals surface area contributed by atoms with E-state index in [-0.39, 0.29) is 24.1 Å². The highest BCUT2D eigenvalue weighted by Crippen LogP contribution is 2.32. The molecule has 1 aliphatic heterocycles. The highest BCUT2D eigenvalue weighted by Gasteiger charge is 2.33. The Hall–Kier alpha value is -3.29. The Bertz CT molecular complexity index is 984. The lowest BCUT2D eigenvalue weighted by atomic mass is 10.1. The van der Waals surface area contributed by atoms with Crippen molar-refractivity contribution < 1.29 is 9.72 Å². The molecule has 1 unspecified atom stereocenters. The predicted octanol–water partition coefficient (Wildman–Crippen LogP) is 2.54. The van der Waals surface area contributed by atoms with Gasteiger partial charge in [-0.05, 0) is 25.0 Å². The van der Waals surface area contributed by atoms with Crippen LogP contribution in [0.25, 0.3) is 5.65 Å². The molecule has 0 N–H and O–H groups in total. The maximum Gasteiger partial charge on any atom is 0.273 e. The molecule has 8 heteroatoms. The minimum absolute atomic E-state index is 0.00435. The van der Waals surface area contributed by atoms with Gasteiger partial charge in [0.2, 0.25) is 5.91 Å². The zero-order valence-corrected chi connectivity index (χ0v) is 14.0. The number of nitro groups is 1. The lowest BCUT2D eigenvalue weighted by molar-refractivity contribution is -0.385. The molecule has 2 aromatic heterocycles. The average molecular weight is 351 g/mol. The second-order valence-electron chi connectivity index (χ2n) is 6.29. The molecule has 26 heavy (non-hydrogen) atoms. The monoisotopic (exact) mass is 351 g/mol. The SMILES string of the molecule is O=C(Cc1ccccc1[N+](=O)[O-])N1CCCC1c1nnc2ccccn12. The number of hydrogen-bond acceptors (Lipinski definition) is 5. The third kappa shape index (κ3) is 2.79. The number of fused-ring (bicyclic) bond motifs is 1. The first kappa shape index (κ1) is 16.2. The Morgan fingerprint density at radius 1 is 1.19 bits per heavy atom. The van der Waals surface area contributed by atoms with Crippen molar-refractivity contribution in [3.05, 3.63) is 70.2 Å². The molecule has 1 fully saturated rings. The van der Waals surface area contributed by atoms with E-state index in [9.17, 15) is 14.9 Å². The smallest absolute Gasteiger partial charge is 0.273 e. The first-order chi connectivity index (χ1) is 12.6. The number of nitrogens with zero attached hydrogens (tertiary/aromatic N) is 5. The molecule has 1 aromatic carbocycles. The largest absolute Gasteiger partial charge is 0.332 e. The van der Waals surface area contributed by atoms with Crippen LogP contribution >= 0.6 is 0 Å². The second-order valence-corrected chi connectivity index (χ2v) is 6.29. The third-order valence-electron chi connectivity index (χ3n) is 4.74. The molecule has 3 heterocycles. The summed E-state index contributed by atoms with van der Waals surface area (Å²) in [4.78, 5) is 25.4. The normalized spacial score (nSPS) is 16.9. The van der Waals surface area contributed by atoms with Gasteiger partial charge in [0.25, 0.3) is 5.69 Å². The number of carbonyl (C=O) groups excluding carboxylic acids is 1. The van der Waals surface area contributed by atoms with Crippen molar-refractivity contribution in [1.29, 1.82) is 0 Å². The molecule has 1 atom stereocenters. The van der Waals surface area contributed by atoms with Crippen LogP contribution in [0, 0.1) is 10.1 Å². The fourth-order valence-electron chi connectivity index (χ4n) is 3.52. The molecule has 132 valence electrons. The Balaban J connectivity index is 1.61. The predicted molar refractivity (Wildman–Crippen MR) is 93.5 cm³/mol. The minimum Gasteiger partial charge on any atom is -0.332 e. The van der Waals surface area contributed by atoms with Crippen molar-refractivity contribution >= 4 is 17.2 Å². The van der Waals surface area contributed by atoms with Gasteiger partial charge in [-0.2, -0.15) is 0 Å². The molecule has 0 bridgehead atoms. The highest BCUT2D eigenvalue weighted by atomic mass is 16.6. The van der Waals surface area contributed by atoms with Gasteiger partial charge in [-0.1, -0.05) is 24.3 Å². The topological polar surface area (TPSA) is 93.6 Å². The first-order valence-corrected chi connectivity index (χ1v) is 8.46. The van der Waals surface area contributed by atoms with Gasteiger partial charge >= 0.3 is 0 Å². The van der Waals surface area contributed by atoms with Crippen LogP contribution in [-0.2, 0) is 11.2 Å². The fraction of sp³-hybridized carbons (Fsp3) is 0.278. The van der Waals surface area contributed by atoms with Crippen molar-refractivity contribution in [2.24, 2.45) is 0 Å². The molecule has 0 radical (unpaired) electrons. The van der Waals surface area contributed by atoms with E-state index in [1.165, 1.54) is 6.07 Å². The summed E-state index contributed by atoms with van der Waals surface area (Å²) in [6.07, 6.45) is 3.56. The number of likely N-dealkylation sites (tertiary alicyclic amines) is 1. The van der Waals surface area contributed by atoms with E-state index >= 15 is 0 Å². The number of aromatic nitrogens is 3. The number of amides is 1. The zero-order valence-electron chi connectivity index (χ0n) is 14.0. The lowest BCUT2D eigenvalue weighted by Crippen LogP contribution is -2.32. The maximum absolute atomic E-state index is 12.9. The van der Waals surface area contributed by atoms with Crippen molar-refractivity contribution in [2.45, 2.75) is 25.3 Å². The zero-order chi connectivity index (χ0) is 18.1. The standard InChI is InChI=1S/C18H17N5O3/c24-17(12-13-6-1-2-7-14(13)23(25)26)21-11-5-8-15(21)18-20-19-16-9-3-4-10-22(16)18/h1-4,6-7,9-10,15H,5,8,11-12H2. The number of pyridine rings is 1. The fourth-order valence-corrected chi connectivity index (χ4v) is 3.52. The molecule has 0 saturated carbocycles. The highest BCUT2D eigenvalue weighted by molar-refractivity contribution is 5.80. The van der Waals surface area contributed by atoms with Crippen LogP contribution in [-0.4, -0.2) is 36.9 Å². The van der Waals surface area contributed by atoms with Gasteiger partial charge in [-0.15, -0.1) is 10.2 Å². The molecule has 1 amide bonds. The molecule has 3 aromatic rings. The van der Waals surface area contributed by atoms with E-state index < -0.39 is 4.92 Å². The summed E-state index contributed by atoms with van der Waals surface area (Å²) in [6, 6.07) is 11.9. The molecule has 4 rings (SSSR count). The first-order valence-electron chi connectivity index (χ1n) is 8.46. The molecule has 0 aliphatic carbocycles. The van der Waals surface area contributed by atoms with Gasteiger partial charge in [0.05, 0.1) is 17.4 Å². The Kier molecular flexibility index (Phi) is 4.08. The third-order valence-corrected chi connectivity index (χ3v) is 4.74. The molecule has 8 nitrogen and oxygen atoms in total. The second kappa shape index (κ2) is 6.55. The molecule has 1 aliphatic rings. The van der Waals surface area contributed by atoms with Crippen molar-refractivity contribution in [3.8, 4) is 0 Å². The van der Waals surface area contributed by atoms with Crippen molar-refractivity contribution in [3.63, 3.8) is 0 Å². The minimum atomic E-state index is -0.448. The van der Waals surface area contributed by atoms with E-state index in [2.05, 4.69) is 10.2 Å². The van der Waals surface area contributed by atoms with Crippen LogP contribution in [0.5, 0.6) is 0 Å². The van der Waals surface area contributed by atoms with Gasteiger partial charge in [-0.25, -0.2) is 0 Å². The van der Waals surface area contributed by atoms with Crippen molar-refractivity contribution in [2.75, 3.05) is 6.54 Å². The van der Waals surface area contributed by atoms with Gasteiger partial charge < -0.3 is 4.90 Å². The summed E-state index contributed by atoms with van der Waals surface area (Å²) in [5.74, 6) is 0.600. The van der Waals surface area contributed by atoms with Gasteiger partial charge in [0.15, 0.2) is 11.5 Å². The quantitative estimate of drug-likeness (QED) is 0.532. The summed E-state index contributed by atoms with van der Waals surface area (Å²) in [7, 11) is 0.